The molecule has 0 saturated carbocycles. The molecule has 6 nitrogen and oxygen atoms in total. The zero-order valence-corrected chi connectivity index (χ0v) is 14.0. The summed E-state index contributed by atoms with van der Waals surface area (Å²) in [6.45, 7) is 7.77. The van der Waals surface area contributed by atoms with Crippen molar-refractivity contribution in [3.63, 3.8) is 0 Å². The number of piperazine rings is 1. The zero-order valence-electron chi connectivity index (χ0n) is 14.0. The summed E-state index contributed by atoms with van der Waals surface area (Å²) in [5.74, 6) is -0.0132. The Bertz CT molecular complexity index is 522. The molecule has 0 atom stereocenters. The minimum atomic E-state index is -0.0207. The lowest BCUT2D eigenvalue weighted by atomic mass is 10.1. The Labute approximate surface area is 137 Å². The van der Waals surface area contributed by atoms with E-state index in [1.165, 1.54) is 5.56 Å². The van der Waals surface area contributed by atoms with E-state index in [1.54, 1.807) is 4.90 Å². The number of hydrogen-bond acceptors (Lipinski definition) is 3. The molecule has 1 aromatic rings. The van der Waals surface area contributed by atoms with Gasteiger partial charge in [-0.05, 0) is 31.0 Å². The number of aryl methyl sites for hydroxylation is 1. The van der Waals surface area contributed by atoms with Gasteiger partial charge >= 0.3 is 6.03 Å². The number of rotatable bonds is 5. The molecule has 2 rings (SSSR count). The summed E-state index contributed by atoms with van der Waals surface area (Å²) in [5, 5.41) is 5.72. The number of urea groups is 1. The molecule has 3 amide bonds. The van der Waals surface area contributed by atoms with Crippen LogP contribution in [0.3, 0.4) is 0 Å². The highest BCUT2D eigenvalue weighted by atomic mass is 16.2. The Morgan fingerprint density at radius 3 is 2.26 bits per heavy atom. The van der Waals surface area contributed by atoms with E-state index in [4.69, 9.17) is 0 Å². The predicted octanol–water partition coefficient (Wildman–Crippen LogP) is 1.53. The molecule has 0 unspecified atom stereocenters. The van der Waals surface area contributed by atoms with Crippen molar-refractivity contribution in [1.82, 2.24) is 15.1 Å². The van der Waals surface area contributed by atoms with Crippen molar-refractivity contribution in [3.05, 3.63) is 29.8 Å². The first kappa shape index (κ1) is 17.3. The molecule has 1 fully saturated rings. The van der Waals surface area contributed by atoms with E-state index in [1.807, 2.05) is 31.2 Å². The molecular weight excluding hydrogens is 292 g/mol. The minimum Gasteiger partial charge on any atom is -0.338 e. The second-order valence-electron chi connectivity index (χ2n) is 5.70. The van der Waals surface area contributed by atoms with Crippen molar-refractivity contribution in [3.8, 4) is 0 Å². The Kier molecular flexibility index (Phi) is 6.40. The van der Waals surface area contributed by atoms with Crippen LogP contribution in [0.1, 0.15) is 19.4 Å². The molecule has 1 aliphatic heterocycles. The van der Waals surface area contributed by atoms with E-state index in [9.17, 15) is 9.59 Å². The van der Waals surface area contributed by atoms with Gasteiger partial charge in [-0.15, -0.1) is 0 Å². The van der Waals surface area contributed by atoms with Crippen LogP contribution in [0.15, 0.2) is 24.3 Å². The number of carbonyl (C=O) groups excluding carboxylic acids is 2. The average Bonchev–Trinajstić information content (AvgIpc) is 2.56. The minimum absolute atomic E-state index is 0.0132. The fourth-order valence-corrected chi connectivity index (χ4v) is 2.60. The molecule has 1 heterocycles. The van der Waals surface area contributed by atoms with Crippen molar-refractivity contribution in [2.24, 2.45) is 0 Å². The molecule has 23 heavy (non-hydrogen) atoms. The lowest BCUT2D eigenvalue weighted by Crippen LogP contribution is -2.52. The van der Waals surface area contributed by atoms with E-state index in [2.05, 4.69) is 22.5 Å². The Morgan fingerprint density at radius 1 is 1.04 bits per heavy atom. The van der Waals surface area contributed by atoms with Gasteiger partial charge in [-0.2, -0.15) is 0 Å². The van der Waals surface area contributed by atoms with E-state index in [0.717, 1.165) is 25.2 Å². The Hall–Kier alpha value is -2.08. The van der Waals surface area contributed by atoms with Gasteiger partial charge in [-0.1, -0.05) is 19.1 Å². The van der Waals surface area contributed by atoms with Crippen molar-refractivity contribution in [1.29, 1.82) is 0 Å². The first-order chi connectivity index (χ1) is 11.1. The number of hydrogen-bond donors (Lipinski definition) is 2. The second kappa shape index (κ2) is 8.53. The van der Waals surface area contributed by atoms with Gasteiger partial charge in [-0.3, -0.25) is 9.69 Å². The van der Waals surface area contributed by atoms with Crippen LogP contribution in [0.4, 0.5) is 10.5 Å². The Balaban J connectivity index is 1.75. The lowest BCUT2D eigenvalue weighted by molar-refractivity contribution is -0.117. The molecule has 126 valence electrons. The molecule has 2 N–H and O–H groups in total. The van der Waals surface area contributed by atoms with Gasteiger partial charge < -0.3 is 15.5 Å². The number of carbonyl (C=O) groups is 2. The van der Waals surface area contributed by atoms with Crippen LogP contribution in [0.2, 0.25) is 0 Å². The molecule has 0 spiro atoms. The summed E-state index contributed by atoms with van der Waals surface area (Å²) in [6, 6.07) is 7.90. The first-order valence-corrected chi connectivity index (χ1v) is 8.26. The van der Waals surface area contributed by atoms with Gasteiger partial charge in [0, 0.05) is 38.4 Å². The van der Waals surface area contributed by atoms with Crippen LogP contribution < -0.4 is 10.6 Å². The highest BCUT2D eigenvalue weighted by Crippen LogP contribution is 2.10. The molecule has 1 aliphatic rings. The maximum Gasteiger partial charge on any atom is 0.317 e. The summed E-state index contributed by atoms with van der Waals surface area (Å²) >= 11 is 0. The molecule has 1 saturated heterocycles. The first-order valence-electron chi connectivity index (χ1n) is 8.26. The van der Waals surface area contributed by atoms with Crippen LogP contribution in [0, 0.1) is 0 Å². The standard InChI is InChI=1S/C17H26N4O2/c1-3-14-5-7-15(8-6-14)19-16(22)13-20-9-11-21(12-10-20)17(23)18-4-2/h5-8H,3-4,9-13H2,1-2H3,(H,18,23)(H,19,22). The fraction of sp³-hybridized carbons (Fsp3) is 0.529. The van der Waals surface area contributed by atoms with Crippen molar-refractivity contribution in [2.45, 2.75) is 20.3 Å². The van der Waals surface area contributed by atoms with E-state index >= 15 is 0 Å². The molecule has 0 aliphatic carbocycles. The molecule has 0 aromatic heterocycles. The van der Waals surface area contributed by atoms with Gasteiger partial charge in [0.1, 0.15) is 0 Å². The molecular formula is C17H26N4O2. The average molecular weight is 318 g/mol. The summed E-state index contributed by atoms with van der Waals surface area (Å²) < 4.78 is 0. The SMILES string of the molecule is CCNC(=O)N1CCN(CC(=O)Nc2ccc(CC)cc2)CC1. The number of benzene rings is 1. The van der Waals surface area contributed by atoms with Crippen LogP contribution in [-0.4, -0.2) is 61.0 Å². The number of anilines is 1. The topological polar surface area (TPSA) is 64.7 Å². The van der Waals surface area contributed by atoms with Crippen LogP contribution in [0.25, 0.3) is 0 Å². The van der Waals surface area contributed by atoms with E-state index < -0.39 is 0 Å². The van der Waals surface area contributed by atoms with Crippen molar-refractivity contribution < 1.29 is 9.59 Å². The highest BCUT2D eigenvalue weighted by Gasteiger charge is 2.21. The fourth-order valence-electron chi connectivity index (χ4n) is 2.60. The summed E-state index contributed by atoms with van der Waals surface area (Å²) in [5.41, 5.74) is 2.08. The second-order valence-corrected chi connectivity index (χ2v) is 5.70. The Morgan fingerprint density at radius 2 is 1.70 bits per heavy atom. The van der Waals surface area contributed by atoms with E-state index in [-0.39, 0.29) is 11.9 Å². The van der Waals surface area contributed by atoms with Gasteiger partial charge in [0.2, 0.25) is 5.91 Å². The molecule has 6 heteroatoms. The van der Waals surface area contributed by atoms with Gasteiger partial charge in [0.05, 0.1) is 6.54 Å². The molecule has 1 aromatic carbocycles. The monoisotopic (exact) mass is 318 g/mol. The third-order valence-electron chi connectivity index (χ3n) is 4.00. The van der Waals surface area contributed by atoms with E-state index in [0.29, 0.717) is 26.2 Å². The van der Waals surface area contributed by atoms with Crippen molar-refractivity contribution >= 4 is 17.6 Å². The lowest BCUT2D eigenvalue weighted by Gasteiger charge is -2.34. The maximum absolute atomic E-state index is 12.1. The quantitative estimate of drug-likeness (QED) is 0.865. The van der Waals surface area contributed by atoms with Gasteiger partial charge in [-0.25, -0.2) is 4.79 Å². The van der Waals surface area contributed by atoms with Crippen LogP contribution in [-0.2, 0) is 11.2 Å². The van der Waals surface area contributed by atoms with Crippen molar-refractivity contribution in [2.75, 3.05) is 44.6 Å². The summed E-state index contributed by atoms with van der Waals surface area (Å²) in [4.78, 5) is 27.7. The smallest absolute Gasteiger partial charge is 0.317 e. The molecule has 0 bridgehead atoms. The van der Waals surface area contributed by atoms with Crippen LogP contribution >= 0.6 is 0 Å². The van der Waals surface area contributed by atoms with Gasteiger partial charge in [0.25, 0.3) is 0 Å². The molecule has 0 radical (unpaired) electrons. The third kappa shape index (κ3) is 5.25. The predicted molar refractivity (Wildman–Crippen MR) is 91.5 cm³/mol. The van der Waals surface area contributed by atoms with Gasteiger partial charge in [0.15, 0.2) is 0 Å². The summed E-state index contributed by atoms with van der Waals surface area (Å²) in [6.07, 6.45) is 0.990. The zero-order chi connectivity index (χ0) is 16.7. The number of nitrogens with one attached hydrogen (secondary N) is 2. The highest BCUT2D eigenvalue weighted by molar-refractivity contribution is 5.92. The van der Waals surface area contributed by atoms with Crippen LogP contribution in [0.5, 0.6) is 0 Å². The maximum atomic E-state index is 12.1. The number of nitrogens with zero attached hydrogens (tertiary/aromatic N) is 2. The third-order valence-corrected chi connectivity index (χ3v) is 4.00. The number of amides is 3. The normalized spacial score (nSPS) is 15.3. The largest absolute Gasteiger partial charge is 0.338 e. The summed E-state index contributed by atoms with van der Waals surface area (Å²) in [7, 11) is 0.